The van der Waals surface area contributed by atoms with Crippen molar-refractivity contribution in [1.29, 1.82) is 0 Å². The highest BCUT2D eigenvalue weighted by atomic mass is 16.8. The lowest BCUT2D eigenvalue weighted by atomic mass is 9.96. The first-order chi connectivity index (χ1) is 18.1. The molecule has 0 saturated carbocycles. The van der Waals surface area contributed by atoms with Gasteiger partial charge < -0.3 is 42.6 Å². The zero-order valence-electron chi connectivity index (χ0n) is 22.9. The third-order valence-electron chi connectivity index (χ3n) is 5.54. The van der Waals surface area contributed by atoms with Gasteiger partial charge in [-0.25, -0.2) is 0 Å². The minimum Gasteiger partial charge on any atom is -0.456 e. The summed E-state index contributed by atoms with van der Waals surface area (Å²) in [6, 6.07) is 0. The fourth-order valence-corrected chi connectivity index (χ4v) is 4.30. The summed E-state index contributed by atoms with van der Waals surface area (Å²) in [6.07, 6.45) is -13.0. The number of hydrogen-bond donors (Lipinski definition) is 0. The van der Waals surface area contributed by atoms with Crippen molar-refractivity contribution in [2.24, 2.45) is 0 Å². The molecule has 0 bridgehead atoms. The molecule has 2 heterocycles. The van der Waals surface area contributed by atoms with Crippen molar-refractivity contribution in [2.45, 2.75) is 117 Å². The van der Waals surface area contributed by atoms with E-state index in [-0.39, 0.29) is 0 Å². The Morgan fingerprint density at radius 1 is 0.410 bits per heavy atom. The van der Waals surface area contributed by atoms with Crippen LogP contribution in [0.2, 0.25) is 0 Å². The molecule has 0 aliphatic carbocycles. The molecule has 0 amide bonds. The lowest BCUT2D eigenvalue weighted by molar-refractivity contribution is -0.350. The predicted molar refractivity (Wildman–Crippen MR) is 123 cm³/mol. The molecule has 0 N–H and O–H groups in total. The van der Waals surface area contributed by atoms with Crippen LogP contribution < -0.4 is 0 Å². The van der Waals surface area contributed by atoms with E-state index in [1.165, 1.54) is 13.8 Å². The van der Waals surface area contributed by atoms with Crippen molar-refractivity contribution in [3.8, 4) is 0 Å². The van der Waals surface area contributed by atoms with Crippen molar-refractivity contribution in [3.05, 3.63) is 0 Å². The molecule has 0 aromatic rings. The smallest absolute Gasteiger partial charge is 0.305 e. The fourth-order valence-electron chi connectivity index (χ4n) is 4.30. The first-order valence-corrected chi connectivity index (χ1v) is 12.1. The second-order valence-electron chi connectivity index (χ2n) is 9.00. The van der Waals surface area contributed by atoms with E-state index in [9.17, 15) is 28.8 Å². The summed E-state index contributed by atoms with van der Waals surface area (Å²) in [6.45, 7) is 9.65. The molecule has 2 saturated heterocycles. The predicted octanol–water partition coefficient (Wildman–Crippen LogP) is 0.0828. The second-order valence-corrected chi connectivity index (χ2v) is 9.00. The van der Waals surface area contributed by atoms with Gasteiger partial charge in [0.05, 0.1) is 12.2 Å². The summed E-state index contributed by atoms with van der Waals surface area (Å²) in [5, 5.41) is 0. The van der Waals surface area contributed by atoms with E-state index >= 15 is 0 Å². The summed E-state index contributed by atoms with van der Waals surface area (Å²) >= 11 is 0. The van der Waals surface area contributed by atoms with Gasteiger partial charge in [0.15, 0.2) is 30.7 Å². The Morgan fingerprint density at radius 3 is 1.15 bits per heavy atom. The summed E-state index contributed by atoms with van der Waals surface area (Å²) in [5.74, 6) is -4.63. The largest absolute Gasteiger partial charge is 0.456 e. The maximum absolute atomic E-state index is 12.0. The van der Waals surface area contributed by atoms with E-state index in [1.807, 2.05) is 0 Å². The molecule has 2 rings (SSSR count). The van der Waals surface area contributed by atoms with Crippen LogP contribution in [-0.4, -0.2) is 97.2 Å². The van der Waals surface area contributed by atoms with Crippen LogP contribution in [-0.2, 0) is 71.4 Å². The van der Waals surface area contributed by atoms with Gasteiger partial charge in [0.2, 0.25) is 12.4 Å². The molecule has 0 aromatic carbocycles. The van der Waals surface area contributed by atoms with Crippen molar-refractivity contribution in [3.63, 3.8) is 0 Å². The molecule has 15 heteroatoms. The van der Waals surface area contributed by atoms with Gasteiger partial charge in [-0.3, -0.25) is 28.8 Å². The lowest BCUT2D eigenvalue weighted by Crippen LogP contribution is -2.65. The van der Waals surface area contributed by atoms with Gasteiger partial charge in [-0.15, -0.1) is 0 Å². The number of ether oxygens (including phenoxy) is 9. The molecule has 10 atom stereocenters. The Balaban J connectivity index is 2.51. The lowest BCUT2D eigenvalue weighted by Gasteiger charge is -2.47. The van der Waals surface area contributed by atoms with Crippen LogP contribution in [0.4, 0.5) is 0 Å². The van der Waals surface area contributed by atoms with Crippen molar-refractivity contribution >= 4 is 35.8 Å². The molecule has 0 spiro atoms. The van der Waals surface area contributed by atoms with Crippen LogP contribution in [0.25, 0.3) is 0 Å². The van der Waals surface area contributed by atoms with E-state index in [2.05, 4.69) is 0 Å². The minimum absolute atomic E-state index is 0.710. The summed E-state index contributed by atoms with van der Waals surface area (Å²) in [7, 11) is 0. The molecule has 2 aliphatic rings. The van der Waals surface area contributed by atoms with Crippen LogP contribution in [0.1, 0.15) is 55.4 Å². The average Bonchev–Trinajstić information content (AvgIpc) is 2.76. The van der Waals surface area contributed by atoms with Crippen molar-refractivity contribution in [1.82, 2.24) is 0 Å². The normalized spacial score (nSPS) is 34.2. The molecule has 0 unspecified atom stereocenters. The SMILES string of the molecule is CC(=O)O[C@H]1O[C@@H](C)[C@H](O[C@@H]2O[C@H](C)[C@@H](OC(C)=O)[C@H](OC(C)=O)[C@H]2OC(C)=O)[C@@H](OC(C)=O)[C@@H]1OC(C)=O. The zero-order valence-corrected chi connectivity index (χ0v) is 22.9. The number of esters is 6. The maximum atomic E-state index is 12.0. The van der Waals surface area contributed by atoms with Crippen molar-refractivity contribution < 1.29 is 71.4 Å². The second kappa shape index (κ2) is 13.7. The fraction of sp³-hybridized carbons (Fsp3) is 0.750. The van der Waals surface area contributed by atoms with Crippen LogP contribution in [0.5, 0.6) is 0 Å². The van der Waals surface area contributed by atoms with E-state index < -0.39 is 97.2 Å². The molecular weight excluding hydrogens is 528 g/mol. The topological polar surface area (TPSA) is 185 Å². The number of carbonyl (C=O) groups is 6. The van der Waals surface area contributed by atoms with Gasteiger partial charge in [-0.05, 0) is 13.8 Å². The zero-order chi connectivity index (χ0) is 29.6. The molecule has 0 radical (unpaired) electrons. The highest BCUT2D eigenvalue weighted by molar-refractivity contribution is 5.69. The first-order valence-electron chi connectivity index (χ1n) is 12.1. The minimum atomic E-state index is -1.49. The summed E-state index contributed by atoms with van der Waals surface area (Å²) < 4.78 is 49.6. The van der Waals surface area contributed by atoms with Crippen LogP contribution >= 0.6 is 0 Å². The monoisotopic (exact) mass is 562 g/mol. The Bertz CT molecular complexity index is 948. The molecule has 2 aliphatic heterocycles. The van der Waals surface area contributed by atoms with Crippen molar-refractivity contribution in [2.75, 3.05) is 0 Å². The summed E-state index contributed by atoms with van der Waals surface area (Å²) in [4.78, 5) is 71.2. The van der Waals surface area contributed by atoms with Gasteiger partial charge in [-0.1, -0.05) is 0 Å². The highest BCUT2D eigenvalue weighted by Crippen LogP contribution is 2.35. The standard InChI is InChI=1S/C24H34O15/c1-9-17(33-11(3)25)19(34-12(4)26)22(37-15(7)29)24(32-9)39-18-10(2)31-23(38-16(8)30)21(36-14(6)28)20(18)35-13(5)27/h9-10,17-24H,1-8H3/t9-,10+,17-,18+,19+,20-,21+,22-,23-,24+/m1/s1. The number of hydrogen-bond acceptors (Lipinski definition) is 15. The average molecular weight is 563 g/mol. The van der Waals surface area contributed by atoms with Gasteiger partial charge in [0.25, 0.3) is 0 Å². The van der Waals surface area contributed by atoms with Gasteiger partial charge >= 0.3 is 35.8 Å². The van der Waals surface area contributed by atoms with E-state index in [0.29, 0.717) is 0 Å². The van der Waals surface area contributed by atoms with Crippen LogP contribution in [0.15, 0.2) is 0 Å². The maximum Gasteiger partial charge on any atom is 0.305 e. The van der Waals surface area contributed by atoms with Gasteiger partial charge in [-0.2, -0.15) is 0 Å². The van der Waals surface area contributed by atoms with E-state index in [0.717, 1.165) is 41.5 Å². The number of carbonyl (C=O) groups excluding carboxylic acids is 6. The number of rotatable bonds is 8. The van der Waals surface area contributed by atoms with E-state index in [1.54, 1.807) is 0 Å². The van der Waals surface area contributed by atoms with E-state index in [4.69, 9.17) is 42.6 Å². The van der Waals surface area contributed by atoms with Crippen LogP contribution in [0, 0.1) is 0 Å². The first kappa shape index (κ1) is 31.9. The third-order valence-corrected chi connectivity index (χ3v) is 5.54. The molecule has 220 valence electrons. The van der Waals surface area contributed by atoms with Gasteiger partial charge in [0, 0.05) is 41.5 Å². The Labute approximate surface area is 224 Å². The third kappa shape index (κ3) is 8.86. The summed E-state index contributed by atoms with van der Waals surface area (Å²) in [5.41, 5.74) is 0. The van der Waals surface area contributed by atoms with Gasteiger partial charge in [0.1, 0.15) is 6.10 Å². The highest BCUT2D eigenvalue weighted by Gasteiger charge is 2.56. The molecular formula is C24H34O15. The molecule has 39 heavy (non-hydrogen) atoms. The Kier molecular flexibility index (Phi) is 11.2. The quantitative estimate of drug-likeness (QED) is 0.286. The molecule has 2 fully saturated rings. The molecule has 0 aromatic heterocycles. The molecule has 15 nitrogen and oxygen atoms in total. The Morgan fingerprint density at radius 2 is 0.718 bits per heavy atom. The van der Waals surface area contributed by atoms with Crippen LogP contribution in [0.3, 0.4) is 0 Å². The Hall–Kier alpha value is -3.30.